The summed E-state index contributed by atoms with van der Waals surface area (Å²) in [5.41, 5.74) is 4.93. The predicted molar refractivity (Wildman–Crippen MR) is 58.7 cm³/mol. The summed E-state index contributed by atoms with van der Waals surface area (Å²) >= 11 is 0. The number of nitrogens with two attached hydrogens (primary N) is 1. The van der Waals surface area contributed by atoms with Crippen molar-refractivity contribution in [1.82, 2.24) is 0 Å². The summed E-state index contributed by atoms with van der Waals surface area (Å²) in [5, 5.41) is 0. The lowest BCUT2D eigenvalue weighted by atomic mass is 10.3. The van der Waals surface area contributed by atoms with Crippen molar-refractivity contribution in [2.45, 2.75) is 17.9 Å². The van der Waals surface area contributed by atoms with E-state index < -0.39 is 31.8 Å². The topological polar surface area (TPSA) is 86.5 Å². The first-order valence-electron chi connectivity index (χ1n) is 4.42. The van der Waals surface area contributed by atoms with Crippen LogP contribution in [0.3, 0.4) is 0 Å². The van der Waals surface area contributed by atoms with Gasteiger partial charge in [0.05, 0.1) is 4.90 Å². The molecule has 5 nitrogen and oxygen atoms in total. The molecule has 0 heterocycles. The van der Waals surface area contributed by atoms with E-state index in [1.807, 2.05) is 0 Å². The molecule has 17 heavy (non-hydrogen) atoms. The van der Waals surface area contributed by atoms with Crippen molar-refractivity contribution in [2.75, 3.05) is 0 Å². The number of hydrogen-bond acceptors (Lipinski definition) is 4. The lowest BCUT2D eigenvalue weighted by molar-refractivity contribution is -0.124. The molecule has 0 spiro atoms. The Morgan fingerprint density at radius 3 is 2.53 bits per heavy atom. The van der Waals surface area contributed by atoms with Crippen LogP contribution in [-0.2, 0) is 13.8 Å². The van der Waals surface area contributed by atoms with Crippen LogP contribution in [-0.4, -0.2) is 20.4 Å². The number of ether oxygens (including phenoxy) is 1. The third kappa shape index (κ3) is 3.57. The molecular formula is C9H9ClFNO4S. The van der Waals surface area contributed by atoms with Gasteiger partial charge in [-0.25, -0.2) is 12.8 Å². The molecule has 0 saturated carbocycles. The second-order valence-electron chi connectivity index (χ2n) is 3.19. The van der Waals surface area contributed by atoms with Gasteiger partial charge in [-0.05, 0) is 25.1 Å². The molecule has 0 aliphatic carbocycles. The van der Waals surface area contributed by atoms with Gasteiger partial charge < -0.3 is 10.5 Å². The molecule has 8 heteroatoms. The summed E-state index contributed by atoms with van der Waals surface area (Å²) in [6, 6.07) is 2.82. The van der Waals surface area contributed by atoms with E-state index in [1.54, 1.807) is 0 Å². The SMILES string of the molecule is CC(Oc1ccc(S(=O)(=O)Cl)cc1F)C(N)=O. The maximum absolute atomic E-state index is 13.4. The van der Waals surface area contributed by atoms with Gasteiger partial charge in [0, 0.05) is 10.7 Å². The zero-order chi connectivity index (χ0) is 13.2. The first-order chi connectivity index (χ1) is 7.71. The molecule has 1 amide bonds. The number of hydrogen-bond donors (Lipinski definition) is 1. The van der Waals surface area contributed by atoms with Crippen molar-refractivity contribution in [1.29, 1.82) is 0 Å². The fourth-order valence-electron chi connectivity index (χ4n) is 0.977. The van der Waals surface area contributed by atoms with Crippen LogP contribution in [0, 0.1) is 5.82 Å². The molecule has 0 saturated heterocycles. The lowest BCUT2D eigenvalue weighted by Crippen LogP contribution is -2.30. The quantitative estimate of drug-likeness (QED) is 0.834. The number of rotatable bonds is 4. The fraction of sp³-hybridized carbons (Fsp3) is 0.222. The number of amides is 1. The number of halogens is 2. The molecule has 1 unspecified atom stereocenters. The van der Waals surface area contributed by atoms with Crippen LogP contribution >= 0.6 is 10.7 Å². The van der Waals surface area contributed by atoms with E-state index in [4.69, 9.17) is 21.2 Å². The Hall–Kier alpha value is -1.34. The van der Waals surface area contributed by atoms with Gasteiger partial charge in [0.25, 0.3) is 15.0 Å². The molecule has 0 aliphatic heterocycles. The normalized spacial score (nSPS) is 13.1. The van der Waals surface area contributed by atoms with Crippen molar-refractivity contribution < 1.29 is 22.3 Å². The van der Waals surface area contributed by atoms with E-state index in [2.05, 4.69) is 0 Å². The Kier molecular flexibility index (Phi) is 3.94. The van der Waals surface area contributed by atoms with Crippen molar-refractivity contribution in [3.63, 3.8) is 0 Å². The van der Waals surface area contributed by atoms with Crippen LogP contribution in [0.5, 0.6) is 5.75 Å². The summed E-state index contributed by atoms with van der Waals surface area (Å²) < 4.78 is 40.1. The average molecular weight is 282 g/mol. The zero-order valence-corrected chi connectivity index (χ0v) is 10.3. The molecule has 1 rings (SSSR count). The molecule has 0 radical (unpaired) electrons. The Bertz CT molecular complexity index is 546. The van der Waals surface area contributed by atoms with Gasteiger partial charge in [-0.1, -0.05) is 0 Å². The minimum absolute atomic E-state index is 0.277. The van der Waals surface area contributed by atoms with E-state index in [0.29, 0.717) is 6.07 Å². The summed E-state index contributed by atoms with van der Waals surface area (Å²) in [6.45, 7) is 1.34. The Morgan fingerprint density at radius 2 is 2.12 bits per heavy atom. The van der Waals surface area contributed by atoms with Gasteiger partial charge in [-0.2, -0.15) is 0 Å². The average Bonchev–Trinajstić information content (AvgIpc) is 2.19. The molecule has 94 valence electrons. The van der Waals surface area contributed by atoms with Crippen LogP contribution in [0.2, 0.25) is 0 Å². The van der Waals surface area contributed by atoms with Gasteiger partial charge in [-0.3, -0.25) is 4.79 Å². The summed E-state index contributed by atoms with van der Waals surface area (Å²) in [5.74, 6) is -1.99. The Labute approximate surface area is 102 Å². The van der Waals surface area contributed by atoms with E-state index in [9.17, 15) is 17.6 Å². The maximum atomic E-state index is 13.4. The lowest BCUT2D eigenvalue weighted by Gasteiger charge is -2.11. The Morgan fingerprint density at radius 1 is 1.53 bits per heavy atom. The minimum atomic E-state index is -4.00. The second-order valence-corrected chi connectivity index (χ2v) is 5.76. The Balaban J connectivity index is 3.03. The molecule has 0 bridgehead atoms. The van der Waals surface area contributed by atoms with E-state index in [0.717, 1.165) is 12.1 Å². The van der Waals surface area contributed by atoms with Crippen LogP contribution in [0.15, 0.2) is 23.1 Å². The van der Waals surface area contributed by atoms with Crippen LogP contribution < -0.4 is 10.5 Å². The minimum Gasteiger partial charge on any atom is -0.478 e. The molecular weight excluding hydrogens is 273 g/mol. The van der Waals surface area contributed by atoms with Crippen molar-refractivity contribution >= 4 is 25.6 Å². The molecule has 2 N–H and O–H groups in total. The zero-order valence-electron chi connectivity index (χ0n) is 8.68. The van der Waals surface area contributed by atoms with Gasteiger partial charge in [-0.15, -0.1) is 0 Å². The van der Waals surface area contributed by atoms with Crippen LogP contribution in [0.1, 0.15) is 6.92 Å². The van der Waals surface area contributed by atoms with Crippen molar-refractivity contribution in [3.05, 3.63) is 24.0 Å². The highest BCUT2D eigenvalue weighted by Gasteiger charge is 2.17. The van der Waals surface area contributed by atoms with E-state index >= 15 is 0 Å². The highest BCUT2D eigenvalue weighted by atomic mass is 35.7. The van der Waals surface area contributed by atoms with Gasteiger partial charge >= 0.3 is 0 Å². The molecule has 1 aromatic rings. The molecule has 1 atom stereocenters. The second kappa shape index (κ2) is 4.89. The molecule has 0 aliphatic rings. The van der Waals surface area contributed by atoms with Crippen LogP contribution in [0.25, 0.3) is 0 Å². The largest absolute Gasteiger partial charge is 0.478 e. The smallest absolute Gasteiger partial charge is 0.261 e. The fourth-order valence-corrected chi connectivity index (χ4v) is 1.74. The molecule has 0 fully saturated rings. The third-order valence-electron chi connectivity index (χ3n) is 1.89. The predicted octanol–water partition coefficient (Wildman–Crippen LogP) is 1.01. The molecule has 1 aromatic carbocycles. The first kappa shape index (κ1) is 13.7. The first-order valence-corrected chi connectivity index (χ1v) is 6.73. The highest BCUT2D eigenvalue weighted by Crippen LogP contribution is 2.23. The number of carbonyl (C=O) groups excluding carboxylic acids is 1. The number of benzene rings is 1. The number of carbonyl (C=O) groups is 1. The maximum Gasteiger partial charge on any atom is 0.261 e. The van der Waals surface area contributed by atoms with Gasteiger partial charge in [0.1, 0.15) is 0 Å². The van der Waals surface area contributed by atoms with Gasteiger partial charge in [0.2, 0.25) is 0 Å². The van der Waals surface area contributed by atoms with E-state index in [1.165, 1.54) is 6.92 Å². The van der Waals surface area contributed by atoms with Gasteiger partial charge in [0.15, 0.2) is 17.7 Å². The summed E-state index contributed by atoms with van der Waals surface area (Å²) in [7, 11) is 1.03. The molecule has 0 aromatic heterocycles. The highest BCUT2D eigenvalue weighted by molar-refractivity contribution is 8.13. The van der Waals surface area contributed by atoms with E-state index in [-0.39, 0.29) is 5.75 Å². The summed E-state index contributed by atoms with van der Waals surface area (Å²) in [6.07, 6.45) is -1.03. The van der Waals surface area contributed by atoms with Crippen molar-refractivity contribution in [2.24, 2.45) is 5.73 Å². The monoisotopic (exact) mass is 281 g/mol. The van der Waals surface area contributed by atoms with Crippen LogP contribution in [0.4, 0.5) is 4.39 Å². The summed E-state index contributed by atoms with van der Waals surface area (Å²) in [4.78, 5) is 10.3. The number of primary amides is 1. The standard InChI is InChI=1S/C9H9ClFNO4S/c1-5(9(12)13)16-8-3-2-6(4-7(8)11)17(10,14)15/h2-5H,1H3,(H2,12,13). The third-order valence-corrected chi connectivity index (χ3v) is 3.24. The van der Waals surface area contributed by atoms with Crippen molar-refractivity contribution in [3.8, 4) is 5.75 Å².